The lowest BCUT2D eigenvalue weighted by molar-refractivity contribution is -0.124. The maximum Gasteiger partial charge on any atom is 0.243 e. The molecule has 3 rings (SSSR count). The second-order valence-corrected chi connectivity index (χ2v) is 9.89. The molecule has 0 spiro atoms. The van der Waals surface area contributed by atoms with Crippen molar-refractivity contribution in [1.29, 1.82) is 0 Å². The molecule has 1 N–H and O–H groups in total. The zero-order valence-corrected chi connectivity index (χ0v) is 18.7. The van der Waals surface area contributed by atoms with E-state index in [0.29, 0.717) is 43.5 Å². The molecular weight excluding hydrogens is 424 g/mol. The van der Waals surface area contributed by atoms with Crippen LogP contribution in [0, 0.1) is 0 Å². The van der Waals surface area contributed by atoms with Gasteiger partial charge in [-0.1, -0.05) is 43.6 Å². The number of carbonyl (C=O) groups is 1. The Bertz CT molecular complexity index is 977. The van der Waals surface area contributed by atoms with E-state index in [0.717, 1.165) is 11.3 Å². The van der Waals surface area contributed by atoms with Gasteiger partial charge in [-0.15, -0.1) is 0 Å². The molecule has 8 heteroatoms. The van der Waals surface area contributed by atoms with Gasteiger partial charge in [0.2, 0.25) is 15.9 Å². The van der Waals surface area contributed by atoms with Gasteiger partial charge in [-0.2, -0.15) is 4.31 Å². The second kappa shape index (κ2) is 9.81. The van der Waals surface area contributed by atoms with Crippen LogP contribution in [0.3, 0.4) is 0 Å². The Labute approximate surface area is 183 Å². The van der Waals surface area contributed by atoms with Crippen LogP contribution in [0.1, 0.15) is 38.2 Å². The van der Waals surface area contributed by atoms with E-state index in [9.17, 15) is 13.2 Å². The van der Waals surface area contributed by atoms with Crippen LogP contribution in [-0.4, -0.2) is 44.4 Å². The lowest BCUT2D eigenvalue weighted by atomic mass is 10.0. The zero-order chi connectivity index (χ0) is 21.7. The van der Waals surface area contributed by atoms with Crippen molar-refractivity contribution in [3.8, 4) is 5.75 Å². The number of hydrogen-bond acceptors (Lipinski definition) is 4. The first-order valence-corrected chi connectivity index (χ1v) is 11.9. The summed E-state index contributed by atoms with van der Waals surface area (Å²) in [4.78, 5) is 12.8. The van der Waals surface area contributed by atoms with Crippen molar-refractivity contribution >= 4 is 27.5 Å². The third kappa shape index (κ3) is 5.14. The van der Waals surface area contributed by atoms with Crippen LogP contribution in [0.25, 0.3) is 0 Å². The standard InChI is InChI=1S/C22H27ClN2O4S/c1-16(2)19-6-3-4-8-21(19)29-15-13-24-22(26)20-7-5-14-25(20)30(27,28)18-11-9-17(23)10-12-18/h3-4,6,8-12,16,20H,5,7,13-15H2,1-2H3,(H,24,26). The molecule has 1 heterocycles. The van der Waals surface area contributed by atoms with Crippen molar-refractivity contribution < 1.29 is 17.9 Å². The molecule has 1 unspecified atom stereocenters. The molecule has 1 aliphatic heterocycles. The Morgan fingerprint density at radius 1 is 1.20 bits per heavy atom. The molecule has 2 aromatic rings. The molecule has 1 aliphatic rings. The minimum absolute atomic E-state index is 0.139. The number of hydrogen-bond donors (Lipinski definition) is 1. The van der Waals surface area contributed by atoms with Gasteiger partial charge in [-0.25, -0.2) is 8.42 Å². The maximum absolute atomic E-state index is 13.0. The highest BCUT2D eigenvalue weighted by Crippen LogP contribution is 2.27. The molecule has 162 valence electrons. The van der Waals surface area contributed by atoms with Crippen LogP contribution in [0.5, 0.6) is 5.75 Å². The number of carbonyl (C=O) groups excluding carboxylic acids is 1. The quantitative estimate of drug-likeness (QED) is 0.620. The molecule has 0 aliphatic carbocycles. The van der Waals surface area contributed by atoms with Crippen LogP contribution in [-0.2, 0) is 14.8 Å². The Morgan fingerprint density at radius 2 is 1.90 bits per heavy atom. The molecule has 2 aromatic carbocycles. The minimum Gasteiger partial charge on any atom is -0.491 e. The molecule has 1 amide bonds. The van der Waals surface area contributed by atoms with Crippen molar-refractivity contribution in [2.75, 3.05) is 19.7 Å². The smallest absolute Gasteiger partial charge is 0.243 e. The number of sulfonamides is 1. The molecule has 1 saturated heterocycles. The fourth-order valence-electron chi connectivity index (χ4n) is 3.57. The summed E-state index contributed by atoms with van der Waals surface area (Å²) in [6.07, 6.45) is 1.14. The summed E-state index contributed by atoms with van der Waals surface area (Å²) in [7, 11) is -3.76. The molecule has 6 nitrogen and oxygen atoms in total. The van der Waals surface area contributed by atoms with Crippen molar-refractivity contribution in [2.45, 2.75) is 43.5 Å². The Morgan fingerprint density at radius 3 is 2.60 bits per heavy atom. The van der Waals surface area contributed by atoms with E-state index in [2.05, 4.69) is 19.2 Å². The Kier molecular flexibility index (Phi) is 7.39. The summed E-state index contributed by atoms with van der Waals surface area (Å²) in [5, 5.41) is 3.28. The van der Waals surface area contributed by atoms with Crippen LogP contribution >= 0.6 is 11.6 Å². The molecule has 1 fully saturated rings. The predicted octanol–water partition coefficient (Wildman–Crippen LogP) is 3.81. The average molecular weight is 451 g/mol. The van der Waals surface area contributed by atoms with E-state index < -0.39 is 16.1 Å². The van der Waals surface area contributed by atoms with E-state index in [-0.39, 0.29) is 10.8 Å². The van der Waals surface area contributed by atoms with Crippen LogP contribution in [0.2, 0.25) is 5.02 Å². The summed E-state index contributed by atoms with van der Waals surface area (Å²) in [5.74, 6) is 0.834. The zero-order valence-electron chi connectivity index (χ0n) is 17.2. The van der Waals surface area contributed by atoms with Gasteiger partial charge < -0.3 is 10.1 Å². The van der Waals surface area contributed by atoms with Gasteiger partial charge >= 0.3 is 0 Å². The number of ether oxygens (including phenoxy) is 1. The van der Waals surface area contributed by atoms with E-state index in [1.165, 1.54) is 28.6 Å². The van der Waals surface area contributed by atoms with Gasteiger partial charge in [0.25, 0.3) is 0 Å². The highest BCUT2D eigenvalue weighted by molar-refractivity contribution is 7.89. The summed E-state index contributed by atoms with van der Waals surface area (Å²) < 4.78 is 33.0. The highest BCUT2D eigenvalue weighted by atomic mass is 35.5. The van der Waals surface area contributed by atoms with Gasteiger partial charge in [0.1, 0.15) is 18.4 Å². The molecule has 30 heavy (non-hydrogen) atoms. The first-order chi connectivity index (χ1) is 14.3. The third-order valence-corrected chi connectivity index (χ3v) is 7.30. The molecule has 0 saturated carbocycles. The monoisotopic (exact) mass is 450 g/mol. The molecule has 0 aromatic heterocycles. The normalized spacial score (nSPS) is 17.3. The number of benzene rings is 2. The molecular formula is C22H27ClN2O4S. The van der Waals surface area contributed by atoms with E-state index in [4.69, 9.17) is 16.3 Å². The van der Waals surface area contributed by atoms with Gasteiger partial charge in [0.15, 0.2) is 0 Å². The number of amides is 1. The van der Waals surface area contributed by atoms with Crippen LogP contribution in [0.4, 0.5) is 0 Å². The molecule has 0 bridgehead atoms. The van der Waals surface area contributed by atoms with Crippen LogP contribution < -0.4 is 10.1 Å². The summed E-state index contributed by atoms with van der Waals surface area (Å²) >= 11 is 5.86. The van der Waals surface area contributed by atoms with Gasteiger partial charge in [0, 0.05) is 11.6 Å². The SMILES string of the molecule is CC(C)c1ccccc1OCCNC(=O)C1CCCN1S(=O)(=O)c1ccc(Cl)cc1. The lowest BCUT2D eigenvalue weighted by Gasteiger charge is -2.23. The largest absolute Gasteiger partial charge is 0.491 e. The molecule has 0 radical (unpaired) electrons. The van der Waals surface area contributed by atoms with Crippen molar-refractivity contribution in [3.05, 3.63) is 59.1 Å². The number of para-hydroxylation sites is 1. The van der Waals surface area contributed by atoms with Crippen LogP contribution in [0.15, 0.2) is 53.4 Å². The second-order valence-electron chi connectivity index (χ2n) is 7.56. The number of nitrogens with one attached hydrogen (secondary N) is 1. The fraction of sp³-hybridized carbons (Fsp3) is 0.409. The lowest BCUT2D eigenvalue weighted by Crippen LogP contribution is -2.46. The maximum atomic E-state index is 13.0. The van der Waals surface area contributed by atoms with Crippen molar-refractivity contribution in [2.24, 2.45) is 0 Å². The Hall–Kier alpha value is -2.09. The number of nitrogens with zero attached hydrogens (tertiary/aromatic N) is 1. The van der Waals surface area contributed by atoms with Crippen molar-refractivity contribution in [3.63, 3.8) is 0 Å². The topological polar surface area (TPSA) is 75.7 Å². The number of rotatable bonds is 8. The first-order valence-electron chi connectivity index (χ1n) is 10.1. The highest BCUT2D eigenvalue weighted by Gasteiger charge is 2.39. The Balaban J connectivity index is 1.58. The van der Waals surface area contributed by atoms with Gasteiger partial charge in [0.05, 0.1) is 11.4 Å². The average Bonchev–Trinajstić information content (AvgIpc) is 3.22. The van der Waals surface area contributed by atoms with E-state index in [1.807, 2.05) is 24.3 Å². The van der Waals surface area contributed by atoms with Gasteiger partial charge in [-0.3, -0.25) is 4.79 Å². The third-order valence-electron chi connectivity index (χ3n) is 5.13. The molecule has 1 atom stereocenters. The fourth-order valence-corrected chi connectivity index (χ4v) is 5.36. The summed E-state index contributed by atoms with van der Waals surface area (Å²) in [6.45, 7) is 5.13. The summed E-state index contributed by atoms with van der Waals surface area (Å²) in [6, 6.07) is 13.1. The first kappa shape index (κ1) is 22.6. The van der Waals surface area contributed by atoms with E-state index >= 15 is 0 Å². The minimum atomic E-state index is -3.76. The van der Waals surface area contributed by atoms with Gasteiger partial charge in [-0.05, 0) is 54.7 Å². The number of halogens is 1. The van der Waals surface area contributed by atoms with Crippen molar-refractivity contribution in [1.82, 2.24) is 9.62 Å². The predicted molar refractivity (Wildman–Crippen MR) is 117 cm³/mol. The van der Waals surface area contributed by atoms with E-state index in [1.54, 1.807) is 0 Å². The summed E-state index contributed by atoms with van der Waals surface area (Å²) in [5.41, 5.74) is 1.11.